The number of amides is 1. The molecule has 130 valence electrons. The lowest BCUT2D eigenvalue weighted by Gasteiger charge is -2.20. The number of rotatable bonds is 6. The highest BCUT2D eigenvalue weighted by atomic mass is 16.1. The van der Waals surface area contributed by atoms with Gasteiger partial charge in [0.05, 0.1) is 5.69 Å². The highest BCUT2D eigenvalue weighted by Gasteiger charge is 2.23. The molecule has 4 nitrogen and oxygen atoms in total. The molecule has 4 heteroatoms. The van der Waals surface area contributed by atoms with E-state index in [1.54, 1.807) is 0 Å². The number of hydrogen-bond donors (Lipinski definition) is 1. The van der Waals surface area contributed by atoms with E-state index in [-0.39, 0.29) is 17.9 Å². The SMILES string of the molecule is CCC(C)NC(=O)CC(c1ccccc1C)c1cnc2ccccn12. The third-order valence-corrected chi connectivity index (χ3v) is 4.78. The summed E-state index contributed by atoms with van der Waals surface area (Å²) in [6, 6.07) is 14.4. The Morgan fingerprint density at radius 3 is 2.72 bits per heavy atom. The molecule has 3 aromatic rings. The molecule has 0 bridgehead atoms. The van der Waals surface area contributed by atoms with Gasteiger partial charge in [-0.05, 0) is 43.5 Å². The van der Waals surface area contributed by atoms with Gasteiger partial charge in [0.15, 0.2) is 0 Å². The van der Waals surface area contributed by atoms with Crippen molar-refractivity contribution >= 4 is 11.6 Å². The van der Waals surface area contributed by atoms with Gasteiger partial charge in [-0.2, -0.15) is 0 Å². The highest BCUT2D eigenvalue weighted by Crippen LogP contribution is 2.30. The lowest BCUT2D eigenvalue weighted by atomic mass is 9.89. The normalized spacial score (nSPS) is 13.6. The van der Waals surface area contributed by atoms with Crippen LogP contribution in [0.1, 0.15) is 49.4 Å². The van der Waals surface area contributed by atoms with Crippen LogP contribution in [0.4, 0.5) is 0 Å². The van der Waals surface area contributed by atoms with Gasteiger partial charge in [-0.3, -0.25) is 4.79 Å². The van der Waals surface area contributed by atoms with Crippen molar-refractivity contribution < 1.29 is 4.79 Å². The van der Waals surface area contributed by atoms with Gasteiger partial charge >= 0.3 is 0 Å². The van der Waals surface area contributed by atoms with Crippen LogP contribution < -0.4 is 5.32 Å². The number of carbonyl (C=O) groups excluding carboxylic acids is 1. The standard InChI is InChI=1S/C21H25N3O/c1-4-16(3)23-21(25)13-18(17-10-6-5-9-15(17)2)19-14-22-20-11-7-8-12-24(19)20/h5-12,14,16,18H,4,13H2,1-3H3,(H,23,25). The van der Waals surface area contributed by atoms with Crippen LogP contribution in [0.15, 0.2) is 54.9 Å². The van der Waals surface area contributed by atoms with Crippen molar-refractivity contribution in [1.82, 2.24) is 14.7 Å². The minimum absolute atomic E-state index is 0.0253. The number of hydrogen-bond acceptors (Lipinski definition) is 2. The van der Waals surface area contributed by atoms with E-state index in [1.165, 1.54) is 11.1 Å². The van der Waals surface area contributed by atoms with Crippen LogP contribution in [0.2, 0.25) is 0 Å². The fraction of sp³-hybridized carbons (Fsp3) is 0.333. The van der Waals surface area contributed by atoms with E-state index in [1.807, 2.05) is 49.6 Å². The summed E-state index contributed by atoms with van der Waals surface area (Å²) >= 11 is 0. The number of carbonyl (C=O) groups is 1. The van der Waals surface area contributed by atoms with Crippen molar-refractivity contribution in [3.8, 4) is 0 Å². The molecule has 1 amide bonds. The molecule has 1 N–H and O–H groups in total. The Hall–Kier alpha value is -2.62. The number of benzene rings is 1. The Labute approximate surface area is 148 Å². The topological polar surface area (TPSA) is 46.4 Å². The number of aryl methyl sites for hydroxylation is 1. The van der Waals surface area contributed by atoms with Crippen molar-refractivity contribution in [2.75, 3.05) is 0 Å². The van der Waals surface area contributed by atoms with Gasteiger partial charge in [-0.25, -0.2) is 4.98 Å². The van der Waals surface area contributed by atoms with Gasteiger partial charge < -0.3 is 9.72 Å². The number of aromatic nitrogens is 2. The monoisotopic (exact) mass is 335 g/mol. The fourth-order valence-electron chi connectivity index (χ4n) is 3.18. The molecule has 1 aromatic carbocycles. The Morgan fingerprint density at radius 1 is 1.20 bits per heavy atom. The summed E-state index contributed by atoms with van der Waals surface area (Å²) in [6.07, 6.45) is 5.24. The second-order valence-corrected chi connectivity index (χ2v) is 6.60. The van der Waals surface area contributed by atoms with Crippen molar-refractivity contribution in [3.63, 3.8) is 0 Å². The second kappa shape index (κ2) is 7.51. The molecule has 25 heavy (non-hydrogen) atoms. The van der Waals surface area contributed by atoms with Crippen molar-refractivity contribution in [2.45, 2.75) is 45.6 Å². The maximum Gasteiger partial charge on any atom is 0.221 e. The average molecular weight is 335 g/mol. The second-order valence-electron chi connectivity index (χ2n) is 6.60. The zero-order valence-corrected chi connectivity index (χ0v) is 15.1. The lowest BCUT2D eigenvalue weighted by molar-refractivity contribution is -0.121. The number of nitrogens with one attached hydrogen (secondary N) is 1. The highest BCUT2D eigenvalue weighted by molar-refractivity contribution is 5.78. The van der Waals surface area contributed by atoms with Crippen molar-refractivity contribution in [2.24, 2.45) is 0 Å². The summed E-state index contributed by atoms with van der Waals surface area (Å²) in [7, 11) is 0. The minimum atomic E-state index is -0.0253. The van der Waals surface area contributed by atoms with E-state index < -0.39 is 0 Å². The van der Waals surface area contributed by atoms with Crippen LogP contribution in [0, 0.1) is 6.92 Å². The third kappa shape index (κ3) is 3.73. The zero-order valence-electron chi connectivity index (χ0n) is 15.1. The Bertz CT molecular complexity index is 868. The van der Waals surface area contributed by atoms with Crippen LogP contribution in [-0.2, 0) is 4.79 Å². The number of pyridine rings is 1. The van der Waals surface area contributed by atoms with E-state index in [0.29, 0.717) is 6.42 Å². The van der Waals surface area contributed by atoms with E-state index >= 15 is 0 Å². The van der Waals surface area contributed by atoms with Gasteiger partial charge in [0.1, 0.15) is 5.65 Å². The van der Waals surface area contributed by atoms with E-state index in [2.05, 4.69) is 40.7 Å². The molecule has 2 atom stereocenters. The van der Waals surface area contributed by atoms with Crippen molar-refractivity contribution in [3.05, 3.63) is 71.7 Å². The molecule has 0 aliphatic rings. The van der Waals surface area contributed by atoms with Gasteiger partial charge in [-0.1, -0.05) is 37.3 Å². The van der Waals surface area contributed by atoms with Crippen LogP contribution >= 0.6 is 0 Å². The van der Waals surface area contributed by atoms with Gasteiger partial charge in [0.2, 0.25) is 5.91 Å². The van der Waals surface area contributed by atoms with Crippen LogP contribution in [-0.4, -0.2) is 21.3 Å². The fourth-order valence-corrected chi connectivity index (χ4v) is 3.18. The molecular formula is C21H25N3O. The minimum Gasteiger partial charge on any atom is -0.354 e. The summed E-state index contributed by atoms with van der Waals surface area (Å²) in [5.41, 5.74) is 4.31. The maximum atomic E-state index is 12.6. The van der Waals surface area contributed by atoms with E-state index in [4.69, 9.17) is 0 Å². The summed E-state index contributed by atoms with van der Waals surface area (Å²) in [5, 5.41) is 3.09. The summed E-state index contributed by atoms with van der Waals surface area (Å²) < 4.78 is 2.08. The Morgan fingerprint density at radius 2 is 1.96 bits per heavy atom. The zero-order chi connectivity index (χ0) is 17.8. The molecule has 2 unspecified atom stereocenters. The Kier molecular flexibility index (Phi) is 5.17. The molecule has 3 rings (SSSR count). The van der Waals surface area contributed by atoms with Crippen LogP contribution in [0.25, 0.3) is 5.65 Å². The third-order valence-electron chi connectivity index (χ3n) is 4.78. The van der Waals surface area contributed by atoms with E-state index in [0.717, 1.165) is 17.8 Å². The van der Waals surface area contributed by atoms with Gasteiger partial charge in [0, 0.05) is 30.8 Å². The number of imidazole rings is 1. The molecule has 0 spiro atoms. The quantitative estimate of drug-likeness (QED) is 0.738. The van der Waals surface area contributed by atoms with Crippen LogP contribution in [0.3, 0.4) is 0 Å². The van der Waals surface area contributed by atoms with Gasteiger partial charge in [-0.15, -0.1) is 0 Å². The first-order valence-corrected chi connectivity index (χ1v) is 8.87. The molecule has 0 aliphatic heterocycles. The largest absolute Gasteiger partial charge is 0.354 e. The summed E-state index contributed by atoms with van der Waals surface area (Å²) in [6.45, 7) is 6.21. The first-order chi connectivity index (χ1) is 12.1. The molecule has 2 aromatic heterocycles. The van der Waals surface area contributed by atoms with Crippen molar-refractivity contribution in [1.29, 1.82) is 0 Å². The molecule has 2 heterocycles. The van der Waals surface area contributed by atoms with Crippen LogP contribution in [0.5, 0.6) is 0 Å². The molecule has 0 saturated heterocycles. The summed E-state index contributed by atoms with van der Waals surface area (Å²) in [5.74, 6) is 0.0520. The van der Waals surface area contributed by atoms with E-state index in [9.17, 15) is 4.79 Å². The number of nitrogens with zero attached hydrogens (tertiary/aromatic N) is 2. The molecule has 0 saturated carbocycles. The predicted octanol–water partition coefficient (Wildman–Crippen LogP) is 4.08. The first kappa shape index (κ1) is 17.2. The predicted molar refractivity (Wildman–Crippen MR) is 101 cm³/mol. The first-order valence-electron chi connectivity index (χ1n) is 8.87. The molecule has 0 radical (unpaired) electrons. The maximum absolute atomic E-state index is 12.6. The molecular weight excluding hydrogens is 310 g/mol. The average Bonchev–Trinajstić information content (AvgIpc) is 3.04. The lowest BCUT2D eigenvalue weighted by Crippen LogP contribution is -2.33. The molecule has 0 aliphatic carbocycles. The Balaban J connectivity index is 2.01. The number of fused-ring (bicyclic) bond motifs is 1. The smallest absolute Gasteiger partial charge is 0.221 e. The van der Waals surface area contributed by atoms with Gasteiger partial charge in [0.25, 0.3) is 0 Å². The summed E-state index contributed by atoms with van der Waals surface area (Å²) in [4.78, 5) is 17.1. The molecule has 0 fully saturated rings.